The van der Waals surface area contributed by atoms with E-state index in [2.05, 4.69) is 10.6 Å². The number of amides is 1. The van der Waals surface area contributed by atoms with E-state index in [0.29, 0.717) is 5.56 Å². The van der Waals surface area contributed by atoms with Gasteiger partial charge in [-0.05, 0) is 34.4 Å². The monoisotopic (exact) mass is 496 g/mol. The van der Waals surface area contributed by atoms with Crippen molar-refractivity contribution in [1.82, 2.24) is 10.6 Å². The van der Waals surface area contributed by atoms with Crippen LogP contribution in [0.1, 0.15) is 21.5 Å². The van der Waals surface area contributed by atoms with Crippen molar-refractivity contribution < 1.29 is 29.7 Å². The maximum Gasteiger partial charge on any atom is 0.326 e. The number of carbonyl (C=O) groups is 3. The van der Waals surface area contributed by atoms with Crippen molar-refractivity contribution in [3.8, 4) is 11.1 Å². The van der Waals surface area contributed by atoms with Crippen molar-refractivity contribution in [2.75, 3.05) is 6.61 Å². The van der Waals surface area contributed by atoms with Crippen molar-refractivity contribution in [3.63, 3.8) is 0 Å². The van der Waals surface area contributed by atoms with Crippen LogP contribution < -0.4 is 10.6 Å². The molecule has 8 nitrogen and oxygen atoms in total. The maximum absolute atomic E-state index is 12.5. The van der Waals surface area contributed by atoms with Crippen molar-refractivity contribution in [3.05, 3.63) is 94.5 Å². The highest BCUT2D eigenvalue weighted by molar-refractivity contribution is 6.33. The number of hydrogen-bond donors (Lipinski definition) is 5. The molecule has 0 bridgehead atoms. The Balaban J connectivity index is 1.73. The molecule has 0 saturated carbocycles. The van der Waals surface area contributed by atoms with Gasteiger partial charge in [-0.15, -0.1) is 0 Å². The molecule has 0 aliphatic carbocycles. The molecule has 0 saturated heterocycles. The van der Waals surface area contributed by atoms with Crippen LogP contribution in [0.2, 0.25) is 5.02 Å². The van der Waals surface area contributed by atoms with E-state index < -0.39 is 36.5 Å². The molecule has 0 aromatic heterocycles. The van der Waals surface area contributed by atoms with E-state index in [0.717, 1.165) is 16.7 Å². The van der Waals surface area contributed by atoms with Gasteiger partial charge >= 0.3 is 11.9 Å². The van der Waals surface area contributed by atoms with E-state index >= 15 is 0 Å². The van der Waals surface area contributed by atoms with Crippen LogP contribution in [0.15, 0.2) is 72.8 Å². The number of nitrogens with one attached hydrogen (secondary N) is 2. The molecular weight excluding hydrogens is 472 g/mol. The van der Waals surface area contributed by atoms with Crippen LogP contribution in [0.25, 0.3) is 11.1 Å². The summed E-state index contributed by atoms with van der Waals surface area (Å²) in [5, 5.41) is 33.5. The topological polar surface area (TPSA) is 136 Å². The highest BCUT2D eigenvalue weighted by Gasteiger charge is 2.22. The van der Waals surface area contributed by atoms with E-state index in [1.807, 2.05) is 36.4 Å². The van der Waals surface area contributed by atoms with Crippen LogP contribution in [0.5, 0.6) is 0 Å². The Hall–Kier alpha value is -3.72. The molecule has 0 aliphatic heterocycles. The fourth-order valence-electron chi connectivity index (χ4n) is 3.56. The van der Waals surface area contributed by atoms with Gasteiger partial charge in [0.15, 0.2) is 0 Å². The summed E-state index contributed by atoms with van der Waals surface area (Å²) in [6.07, 6.45) is 0.0752. The minimum absolute atomic E-state index is 0.0752. The third-order valence-corrected chi connectivity index (χ3v) is 5.79. The van der Waals surface area contributed by atoms with E-state index in [9.17, 15) is 24.6 Å². The number of benzene rings is 3. The van der Waals surface area contributed by atoms with Gasteiger partial charge in [0.1, 0.15) is 12.1 Å². The third-order valence-electron chi connectivity index (χ3n) is 5.46. The molecule has 5 N–H and O–H groups in total. The molecule has 35 heavy (non-hydrogen) atoms. The van der Waals surface area contributed by atoms with Gasteiger partial charge in [-0.3, -0.25) is 14.9 Å². The second-order valence-electron chi connectivity index (χ2n) is 7.86. The largest absolute Gasteiger partial charge is 0.480 e. The van der Waals surface area contributed by atoms with Crippen LogP contribution in [-0.4, -0.2) is 51.9 Å². The highest BCUT2D eigenvalue weighted by Crippen LogP contribution is 2.25. The molecule has 182 valence electrons. The van der Waals surface area contributed by atoms with Crippen molar-refractivity contribution in [2.45, 2.75) is 25.0 Å². The zero-order valence-electron chi connectivity index (χ0n) is 18.6. The second kappa shape index (κ2) is 12.1. The second-order valence-corrected chi connectivity index (χ2v) is 8.26. The lowest BCUT2D eigenvalue weighted by atomic mass is 9.97. The number of carboxylic acid groups (broad SMARTS) is 2. The van der Waals surface area contributed by atoms with E-state index in [-0.39, 0.29) is 23.6 Å². The molecule has 2 unspecified atom stereocenters. The Bertz CT molecular complexity index is 1200. The van der Waals surface area contributed by atoms with Gasteiger partial charge in [-0.2, -0.15) is 0 Å². The lowest BCUT2D eigenvalue weighted by Crippen LogP contribution is -2.42. The molecule has 9 heteroatoms. The molecule has 2 atom stereocenters. The Morgan fingerprint density at radius 1 is 0.829 bits per heavy atom. The van der Waals surface area contributed by atoms with E-state index in [4.69, 9.17) is 16.7 Å². The smallest absolute Gasteiger partial charge is 0.326 e. The number of aliphatic hydroxyl groups excluding tert-OH is 1. The molecule has 3 aromatic carbocycles. The first-order valence-corrected chi connectivity index (χ1v) is 11.2. The molecule has 0 spiro atoms. The Kier molecular flexibility index (Phi) is 8.97. The van der Waals surface area contributed by atoms with Gasteiger partial charge in [0, 0.05) is 13.0 Å². The van der Waals surface area contributed by atoms with Gasteiger partial charge in [0.25, 0.3) is 5.91 Å². The average molecular weight is 497 g/mol. The summed E-state index contributed by atoms with van der Waals surface area (Å²) < 4.78 is 0. The summed E-state index contributed by atoms with van der Waals surface area (Å²) in [5.41, 5.74) is 3.48. The molecule has 0 aliphatic rings. The van der Waals surface area contributed by atoms with Gasteiger partial charge in [-0.1, -0.05) is 72.3 Å². The summed E-state index contributed by atoms with van der Waals surface area (Å²) in [6.45, 7) is -0.283. The van der Waals surface area contributed by atoms with E-state index in [1.165, 1.54) is 6.07 Å². The number of carbonyl (C=O) groups excluding carboxylic acids is 1. The standard InChI is InChI=1S/C26H25ClN2O6/c27-21-8-4-3-7-20(21)24(31)29-22(25(32)33)13-16-9-11-17(12-10-16)19-6-2-1-5-18(19)14-28-23(15-30)26(34)35/h1-12,22-23,28,30H,13-15H2,(H,29,31)(H,32,33)(H,34,35). The van der Waals surface area contributed by atoms with Crippen LogP contribution >= 0.6 is 11.6 Å². The number of hydrogen-bond acceptors (Lipinski definition) is 5. The average Bonchev–Trinajstić information content (AvgIpc) is 2.84. The van der Waals surface area contributed by atoms with Gasteiger partial charge in [0.2, 0.25) is 0 Å². The van der Waals surface area contributed by atoms with Crippen LogP contribution in [0.3, 0.4) is 0 Å². The first kappa shape index (κ1) is 25.9. The first-order valence-electron chi connectivity index (χ1n) is 10.8. The molecule has 0 fully saturated rings. The quantitative estimate of drug-likeness (QED) is 0.275. The number of halogens is 1. The zero-order chi connectivity index (χ0) is 25.4. The predicted octanol–water partition coefficient (Wildman–Crippen LogP) is 2.97. The zero-order valence-corrected chi connectivity index (χ0v) is 19.4. The minimum atomic E-state index is -1.16. The molecule has 3 aromatic rings. The number of aliphatic hydroxyl groups is 1. The summed E-state index contributed by atoms with van der Waals surface area (Å²) in [4.78, 5) is 35.4. The maximum atomic E-state index is 12.5. The number of rotatable bonds is 11. The minimum Gasteiger partial charge on any atom is -0.480 e. The number of aliphatic carboxylic acids is 2. The SMILES string of the molecule is O=C(NC(Cc1ccc(-c2ccccc2CNC(CO)C(=O)O)cc1)C(=O)O)c1ccccc1Cl. The Morgan fingerprint density at radius 3 is 2.09 bits per heavy atom. The third kappa shape index (κ3) is 6.89. The van der Waals surface area contributed by atoms with Crippen LogP contribution in [0, 0.1) is 0 Å². The summed E-state index contributed by atoms with van der Waals surface area (Å²) in [5.74, 6) is -2.87. The molecular formula is C26H25ClN2O6. The van der Waals surface area contributed by atoms with Crippen LogP contribution in [0.4, 0.5) is 0 Å². The predicted molar refractivity (Wildman–Crippen MR) is 131 cm³/mol. The van der Waals surface area contributed by atoms with Crippen molar-refractivity contribution >= 4 is 29.4 Å². The van der Waals surface area contributed by atoms with Gasteiger partial charge in [-0.25, -0.2) is 4.79 Å². The van der Waals surface area contributed by atoms with Gasteiger partial charge in [0.05, 0.1) is 17.2 Å². The molecule has 3 rings (SSSR count). The lowest BCUT2D eigenvalue weighted by Gasteiger charge is -2.16. The van der Waals surface area contributed by atoms with E-state index in [1.54, 1.807) is 30.3 Å². The Morgan fingerprint density at radius 2 is 1.46 bits per heavy atom. The summed E-state index contributed by atoms with van der Waals surface area (Å²) in [7, 11) is 0. The lowest BCUT2D eigenvalue weighted by molar-refractivity contribution is -0.141. The Labute approximate surface area is 207 Å². The van der Waals surface area contributed by atoms with Crippen molar-refractivity contribution in [2.24, 2.45) is 0 Å². The fraction of sp³-hybridized carbons (Fsp3) is 0.192. The first-order chi connectivity index (χ1) is 16.8. The molecule has 0 radical (unpaired) electrons. The van der Waals surface area contributed by atoms with Crippen LogP contribution in [-0.2, 0) is 22.6 Å². The fourth-order valence-corrected chi connectivity index (χ4v) is 3.78. The molecule has 1 amide bonds. The van der Waals surface area contributed by atoms with Crippen molar-refractivity contribution in [1.29, 1.82) is 0 Å². The summed E-state index contributed by atoms with van der Waals surface area (Å²) in [6, 6.07) is 18.9. The number of carboxylic acids is 2. The summed E-state index contributed by atoms with van der Waals surface area (Å²) >= 11 is 6.04. The normalized spacial score (nSPS) is 12.5. The highest BCUT2D eigenvalue weighted by atomic mass is 35.5. The molecule has 0 heterocycles. The van der Waals surface area contributed by atoms with Gasteiger partial charge < -0.3 is 20.6 Å².